The zero-order chi connectivity index (χ0) is 9.56. The van der Waals surface area contributed by atoms with Crippen molar-refractivity contribution in [2.24, 2.45) is 0 Å². The van der Waals surface area contributed by atoms with Crippen LogP contribution in [0.3, 0.4) is 0 Å². The van der Waals surface area contributed by atoms with Crippen molar-refractivity contribution in [2.45, 2.75) is 27.2 Å². The van der Waals surface area contributed by atoms with E-state index in [1.54, 1.807) is 19.9 Å². The number of hydrogen-bond donors (Lipinski definition) is 0. The summed E-state index contributed by atoms with van der Waals surface area (Å²) >= 11 is 0. The SMILES string of the molecule is C/C=C/C(=O)C/C(C)=C/C(C)=O. The lowest BCUT2D eigenvalue weighted by Crippen LogP contribution is -1.95. The molecule has 0 aliphatic carbocycles. The van der Waals surface area contributed by atoms with Crippen LogP contribution in [-0.4, -0.2) is 11.6 Å². The molecule has 0 unspecified atom stereocenters. The van der Waals surface area contributed by atoms with Crippen molar-refractivity contribution in [3.05, 3.63) is 23.8 Å². The van der Waals surface area contributed by atoms with E-state index in [1.807, 2.05) is 0 Å². The van der Waals surface area contributed by atoms with E-state index in [1.165, 1.54) is 19.1 Å². The van der Waals surface area contributed by atoms with Crippen molar-refractivity contribution in [1.82, 2.24) is 0 Å². The minimum Gasteiger partial charge on any atom is -0.295 e. The lowest BCUT2D eigenvalue weighted by Gasteiger charge is -1.94. The number of carbonyl (C=O) groups is 2. The molecule has 0 aliphatic rings. The van der Waals surface area contributed by atoms with Gasteiger partial charge in [-0.25, -0.2) is 0 Å². The Balaban J connectivity index is 4.09. The molecule has 0 spiro atoms. The summed E-state index contributed by atoms with van der Waals surface area (Å²) < 4.78 is 0. The van der Waals surface area contributed by atoms with Gasteiger partial charge in [0, 0.05) is 6.42 Å². The van der Waals surface area contributed by atoms with Crippen LogP contribution in [0.15, 0.2) is 23.8 Å². The molecule has 0 bridgehead atoms. The summed E-state index contributed by atoms with van der Waals surface area (Å²) in [7, 11) is 0. The van der Waals surface area contributed by atoms with Crippen molar-refractivity contribution in [3.63, 3.8) is 0 Å². The van der Waals surface area contributed by atoms with Crippen LogP contribution in [0.25, 0.3) is 0 Å². The zero-order valence-electron chi connectivity index (χ0n) is 7.76. The fourth-order valence-electron chi connectivity index (χ4n) is 0.918. The summed E-state index contributed by atoms with van der Waals surface area (Å²) in [5.41, 5.74) is 0.811. The molecule has 0 radical (unpaired) electrons. The largest absolute Gasteiger partial charge is 0.295 e. The first-order valence-corrected chi connectivity index (χ1v) is 3.89. The molecule has 0 heterocycles. The summed E-state index contributed by atoms with van der Waals surface area (Å²) in [5, 5.41) is 0. The van der Waals surface area contributed by atoms with Crippen molar-refractivity contribution in [3.8, 4) is 0 Å². The Morgan fingerprint density at radius 2 is 1.83 bits per heavy atom. The van der Waals surface area contributed by atoms with E-state index in [0.29, 0.717) is 6.42 Å². The highest BCUT2D eigenvalue weighted by Gasteiger charge is 1.98. The average molecular weight is 166 g/mol. The number of carbonyl (C=O) groups excluding carboxylic acids is 2. The second-order valence-electron chi connectivity index (χ2n) is 2.74. The van der Waals surface area contributed by atoms with E-state index in [2.05, 4.69) is 0 Å². The van der Waals surface area contributed by atoms with Gasteiger partial charge in [0.2, 0.25) is 0 Å². The maximum Gasteiger partial charge on any atom is 0.159 e. The Morgan fingerprint density at radius 3 is 2.25 bits per heavy atom. The van der Waals surface area contributed by atoms with Crippen molar-refractivity contribution < 1.29 is 9.59 Å². The molecule has 0 fully saturated rings. The molecular weight excluding hydrogens is 152 g/mol. The molecule has 0 atom stereocenters. The van der Waals surface area contributed by atoms with Crippen LogP contribution < -0.4 is 0 Å². The third-order valence-electron chi connectivity index (χ3n) is 1.26. The molecular formula is C10H14O2. The van der Waals surface area contributed by atoms with Gasteiger partial charge >= 0.3 is 0 Å². The van der Waals surface area contributed by atoms with Crippen molar-refractivity contribution in [2.75, 3.05) is 0 Å². The van der Waals surface area contributed by atoms with Gasteiger partial charge in [0.15, 0.2) is 11.6 Å². The Hall–Kier alpha value is -1.18. The molecule has 0 aliphatic heterocycles. The van der Waals surface area contributed by atoms with E-state index >= 15 is 0 Å². The van der Waals surface area contributed by atoms with Crippen LogP contribution >= 0.6 is 0 Å². The van der Waals surface area contributed by atoms with E-state index in [4.69, 9.17) is 0 Å². The maximum absolute atomic E-state index is 11.0. The van der Waals surface area contributed by atoms with E-state index in [0.717, 1.165) is 5.57 Å². The topological polar surface area (TPSA) is 34.1 Å². The van der Waals surface area contributed by atoms with Gasteiger partial charge in [-0.1, -0.05) is 11.6 Å². The molecule has 0 N–H and O–H groups in total. The summed E-state index contributed by atoms with van der Waals surface area (Å²) in [5.74, 6) is 0.0216. The van der Waals surface area contributed by atoms with Crippen molar-refractivity contribution in [1.29, 1.82) is 0 Å². The highest BCUT2D eigenvalue weighted by Crippen LogP contribution is 2.01. The summed E-state index contributed by atoms with van der Waals surface area (Å²) in [6, 6.07) is 0. The summed E-state index contributed by atoms with van der Waals surface area (Å²) in [6.07, 6.45) is 5.03. The first-order valence-electron chi connectivity index (χ1n) is 3.89. The molecule has 0 aromatic carbocycles. The van der Waals surface area contributed by atoms with Crippen LogP contribution in [0.2, 0.25) is 0 Å². The van der Waals surface area contributed by atoms with Crippen LogP contribution in [0.4, 0.5) is 0 Å². The molecule has 0 aromatic heterocycles. The molecule has 66 valence electrons. The maximum atomic E-state index is 11.0. The third kappa shape index (κ3) is 5.59. The monoisotopic (exact) mass is 166 g/mol. The smallest absolute Gasteiger partial charge is 0.159 e. The van der Waals surface area contributed by atoms with Gasteiger partial charge in [0.05, 0.1) is 0 Å². The predicted octanol–water partition coefficient (Wildman–Crippen LogP) is 2.06. The van der Waals surface area contributed by atoms with E-state index in [9.17, 15) is 9.59 Å². The fourth-order valence-corrected chi connectivity index (χ4v) is 0.918. The molecule has 2 nitrogen and oxygen atoms in total. The minimum absolute atomic E-state index is 0.0132. The van der Waals surface area contributed by atoms with Crippen molar-refractivity contribution >= 4 is 11.6 Å². The van der Waals surface area contributed by atoms with Gasteiger partial charge in [0.1, 0.15) is 0 Å². The number of ketones is 2. The molecule has 0 aromatic rings. The zero-order valence-corrected chi connectivity index (χ0v) is 7.76. The lowest BCUT2D eigenvalue weighted by atomic mass is 10.1. The first kappa shape index (κ1) is 10.8. The number of allylic oxidation sites excluding steroid dienone is 4. The Morgan fingerprint density at radius 1 is 1.25 bits per heavy atom. The second kappa shape index (κ2) is 5.47. The summed E-state index contributed by atoms with van der Waals surface area (Å²) in [4.78, 5) is 21.6. The fraction of sp³-hybridized carbons (Fsp3) is 0.400. The molecule has 0 rings (SSSR count). The minimum atomic E-state index is -0.0132. The van der Waals surface area contributed by atoms with Gasteiger partial charge in [-0.2, -0.15) is 0 Å². The van der Waals surface area contributed by atoms with Gasteiger partial charge < -0.3 is 0 Å². The number of rotatable bonds is 4. The molecule has 2 heteroatoms. The third-order valence-corrected chi connectivity index (χ3v) is 1.26. The standard InChI is InChI=1S/C10H14O2/c1-4-5-10(12)7-8(2)6-9(3)11/h4-6H,7H2,1-3H3/b5-4+,8-6+. The van der Waals surface area contributed by atoms with Gasteiger partial charge in [0.25, 0.3) is 0 Å². The van der Waals surface area contributed by atoms with Crippen LogP contribution in [0.1, 0.15) is 27.2 Å². The average Bonchev–Trinajstić information content (AvgIpc) is 1.84. The molecule has 12 heavy (non-hydrogen) atoms. The van der Waals surface area contributed by atoms with E-state index < -0.39 is 0 Å². The van der Waals surface area contributed by atoms with Crippen LogP contribution in [-0.2, 0) is 9.59 Å². The predicted molar refractivity (Wildman–Crippen MR) is 48.9 cm³/mol. The summed E-state index contributed by atoms with van der Waals surface area (Å²) in [6.45, 7) is 5.05. The molecule has 0 saturated heterocycles. The number of hydrogen-bond acceptors (Lipinski definition) is 2. The lowest BCUT2D eigenvalue weighted by molar-refractivity contribution is -0.114. The quantitative estimate of drug-likeness (QED) is 0.599. The Labute approximate surface area is 73.0 Å². The van der Waals surface area contributed by atoms with Gasteiger partial charge in [-0.3, -0.25) is 9.59 Å². The highest BCUT2D eigenvalue weighted by molar-refractivity contribution is 5.93. The highest BCUT2D eigenvalue weighted by atomic mass is 16.1. The van der Waals surface area contributed by atoms with Crippen LogP contribution in [0, 0.1) is 0 Å². The molecule has 0 saturated carbocycles. The first-order chi connectivity index (χ1) is 5.56. The normalized spacial score (nSPS) is 12.1. The Kier molecular flexibility index (Phi) is 4.93. The Bertz CT molecular complexity index is 234. The van der Waals surface area contributed by atoms with Gasteiger partial charge in [-0.05, 0) is 32.9 Å². The van der Waals surface area contributed by atoms with Gasteiger partial charge in [-0.15, -0.1) is 0 Å². The van der Waals surface area contributed by atoms with E-state index in [-0.39, 0.29) is 11.6 Å². The van der Waals surface area contributed by atoms with Crippen LogP contribution in [0.5, 0.6) is 0 Å². The second-order valence-corrected chi connectivity index (χ2v) is 2.74. The molecule has 0 amide bonds.